The third-order valence-corrected chi connectivity index (χ3v) is 6.45. The van der Waals surface area contributed by atoms with E-state index >= 15 is 0 Å². The summed E-state index contributed by atoms with van der Waals surface area (Å²) in [5.74, 6) is 6.30. The number of rotatable bonds is 3. The number of amides is 1. The number of carbonyl (C=O) groups is 1. The van der Waals surface area contributed by atoms with Crippen LogP contribution in [-0.2, 0) is 11.2 Å². The van der Waals surface area contributed by atoms with Crippen molar-refractivity contribution in [2.24, 2.45) is 11.7 Å². The van der Waals surface area contributed by atoms with Crippen molar-refractivity contribution in [3.8, 4) is 11.8 Å². The number of nitrogens with zero attached hydrogens (tertiary/aromatic N) is 4. The number of halogens is 1. The van der Waals surface area contributed by atoms with Crippen molar-refractivity contribution < 1.29 is 4.79 Å². The number of anilines is 2. The number of aromatic nitrogens is 2. The number of carbonyl (C=O) groups excluding carboxylic acids is 1. The second-order valence-electron chi connectivity index (χ2n) is 8.18. The van der Waals surface area contributed by atoms with E-state index in [1.807, 2.05) is 40.2 Å². The molecular formula is C25H22ClN5O2. The van der Waals surface area contributed by atoms with Gasteiger partial charge in [-0.2, -0.15) is 0 Å². The molecule has 4 heterocycles. The summed E-state index contributed by atoms with van der Waals surface area (Å²) in [6, 6.07) is 13.4. The molecule has 33 heavy (non-hydrogen) atoms. The van der Waals surface area contributed by atoms with E-state index in [1.54, 1.807) is 23.1 Å². The minimum atomic E-state index is -0.275. The number of benzene rings is 1. The van der Waals surface area contributed by atoms with Gasteiger partial charge in [0.2, 0.25) is 5.91 Å². The van der Waals surface area contributed by atoms with Gasteiger partial charge < -0.3 is 10.6 Å². The molecule has 2 N–H and O–H groups in total. The van der Waals surface area contributed by atoms with Gasteiger partial charge >= 0.3 is 0 Å². The zero-order valence-electron chi connectivity index (χ0n) is 17.9. The highest BCUT2D eigenvalue weighted by Gasteiger charge is 2.27. The average Bonchev–Trinajstić information content (AvgIpc) is 3.48. The maximum atomic E-state index is 13.2. The molecule has 0 spiro atoms. The van der Waals surface area contributed by atoms with E-state index in [2.05, 4.69) is 22.9 Å². The lowest BCUT2D eigenvalue weighted by Crippen LogP contribution is -2.38. The number of nitrogens with two attached hydrogens (primary N) is 1. The highest BCUT2D eigenvalue weighted by atomic mass is 35.5. The van der Waals surface area contributed by atoms with E-state index in [9.17, 15) is 9.59 Å². The van der Waals surface area contributed by atoms with Gasteiger partial charge in [-0.05, 0) is 42.7 Å². The summed E-state index contributed by atoms with van der Waals surface area (Å²) < 4.78 is 1.58. The molecule has 1 aromatic carbocycles. The van der Waals surface area contributed by atoms with Crippen LogP contribution in [0, 0.1) is 17.8 Å². The first-order valence-electron chi connectivity index (χ1n) is 10.8. The van der Waals surface area contributed by atoms with Crippen molar-refractivity contribution >= 4 is 29.0 Å². The Labute approximate surface area is 196 Å². The van der Waals surface area contributed by atoms with Crippen molar-refractivity contribution in [2.45, 2.75) is 12.8 Å². The van der Waals surface area contributed by atoms with Crippen LogP contribution in [0.15, 0.2) is 59.7 Å². The molecule has 1 atom stereocenters. The zero-order valence-corrected chi connectivity index (χ0v) is 18.6. The third-order valence-electron chi connectivity index (χ3n) is 6.14. The molecule has 0 bridgehead atoms. The van der Waals surface area contributed by atoms with Gasteiger partial charge in [0.05, 0.1) is 16.6 Å². The monoisotopic (exact) mass is 459 g/mol. The molecule has 8 heteroatoms. The van der Waals surface area contributed by atoms with E-state index in [0.717, 1.165) is 30.9 Å². The summed E-state index contributed by atoms with van der Waals surface area (Å²) in [6.45, 7) is 2.03. The van der Waals surface area contributed by atoms with Crippen LogP contribution in [0.2, 0.25) is 5.02 Å². The number of para-hydroxylation sites is 1. The zero-order chi connectivity index (χ0) is 22.9. The average molecular weight is 460 g/mol. The summed E-state index contributed by atoms with van der Waals surface area (Å²) in [5, 5.41) is 2.26. The minimum absolute atomic E-state index is 0.142. The first-order chi connectivity index (χ1) is 16.0. The van der Waals surface area contributed by atoms with Gasteiger partial charge in [-0.15, -0.1) is 0 Å². The first kappa shape index (κ1) is 21.1. The quantitative estimate of drug-likeness (QED) is 0.608. The predicted molar refractivity (Wildman–Crippen MR) is 128 cm³/mol. The molecule has 5 rings (SSSR count). The maximum Gasteiger partial charge on any atom is 0.286 e. The van der Waals surface area contributed by atoms with Gasteiger partial charge in [0, 0.05) is 37.6 Å². The highest BCUT2D eigenvalue weighted by Crippen LogP contribution is 2.27. The molecule has 3 aromatic rings. The molecule has 1 saturated heterocycles. The topological polar surface area (TPSA) is 84.5 Å². The highest BCUT2D eigenvalue weighted by molar-refractivity contribution is 6.31. The summed E-state index contributed by atoms with van der Waals surface area (Å²) >= 11 is 6.33. The molecule has 0 saturated carbocycles. The van der Waals surface area contributed by atoms with Gasteiger partial charge in [0.15, 0.2) is 0 Å². The molecule has 0 aliphatic carbocycles. The molecule has 1 fully saturated rings. The fourth-order valence-corrected chi connectivity index (χ4v) is 4.52. The normalized spacial score (nSPS) is 16.9. The molecule has 0 unspecified atom stereocenters. The van der Waals surface area contributed by atoms with Gasteiger partial charge in [0.1, 0.15) is 11.4 Å². The van der Waals surface area contributed by atoms with Gasteiger partial charge in [-0.3, -0.25) is 14.6 Å². The largest absolute Gasteiger partial charge is 0.369 e. The summed E-state index contributed by atoms with van der Waals surface area (Å²) in [7, 11) is 0. The van der Waals surface area contributed by atoms with Crippen molar-refractivity contribution in [3.05, 3.63) is 86.9 Å². The van der Waals surface area contributed by atoms with Gasteiger partial charge in [0.25, 0.3) is 5.56 Å². The standard InChI is InChI=1S/C25H22ClN5O2/c26-21-11-14-31(30-13-10-18-3-1-2-4-22(18)30)25(33)20(21)7-5-17-6-8-23(28-15-17)29-12-9-19(16-29)24(27)32/h1-4,6,8,11,14-15,19H,9-10,12-13,16H2,(H2,27,32)/t19-/m0/s1. The maximum absolute atomic E-state index is 13.2. The predicted octanol–water partition coefficient (Wildman–Crippen LogP) is 2.43. The Balaban J connectivity index is 1.39. The van der Waals surface area contributed by atoms with Gasteiger partial charge in [-0.25, -0.2) is 9.66 Å². The fourth-order valence-electron chi connectivity index (χ4n) is 4.33. The Kier molecular flexibility index (Phi) is 5.53. The number of hydrogen-bond donors (Lipinski definition) is 1. The Morgan fingerprint density at radius 3 is 2.73 bits per heavy atom. The second-order valence-corrected chi connectivity index (χ2v) is 8.59. The lowest BCUT2D eigenvalue weighted by molar-refractivity contribution is -0.121. The Bertz CT molecular complexity index is 1340. The van der Waals surface area contributed by atoms with Crippen LogP contribution in [0.4, 0.5) is 11.5 Å². The van der Waals surface area contributed by atoms with E-state index in [-0.39, 0.29) is 22.9 Å². The van der Waals surface area contributed by atoms with E-state index in [0.29, 0.717) is 23.7 Å². The van der Waals surface area contributed by atoms with Crippen molar-refractivity contribution in [1.29, 1.82) is 0 Å². The fraction of sp³-hybridized carbons (Fsp3) is 0.240. The van der Waals surface area contributed by atoms with Crippen LogP contribution in [0.3, 0.4) is 0 Å². The van der Waals surface area contributed by atoms with Crippen LogP contribution >= 0.6 is 11.6 Å². The molecule has 2 aliphatic heterocycles. The summed E-state index contributed by atoms with van der Waals surface area (Å²) in [6.07, 6.45) is 4.95. The lowest BCUT2D eigenvalue weighted by atomic mass is 10.1. The van der Waals surface area contributed by atoms with Crippen LogP contribution in [0.25, 0.3) is 0 Å². The van der Waals surface area contributed by atoms with Crippen LogP contribution < -0.4 is 21.2 Å². The SMILES string of the molecule is NC(=O)[C@H]1CCN(c2ccc(C#Cc3c(Cl)ccn(N4CCc5ccccc54)c3=O)cn2)C1. The van der Waals surface area contributed by atoms with Crippen molar-refractivity contribution in [1.82, 2.24) is 9.66 Å². The Hall–Kier alpha value is -3.76. The molecule has 166 valence electrons. The van der Waals surface area contributed by atoms with Crippen LogP contribution in [0.5, 0.6) is 0 Å². The summed E-state index contributed by atoms with van der Waals surface area (Å²) in [5.41, 5.74) is 8.29. The smallest absolute Gasteiger partial charge is 0.286 e. The first-order valence-corrected chi connectivity index (χ1v) is 11.2. The van der Waals surface area contributed by atoms with Gasteiger partial charge in [-0.1, -0.05) is 41.6 Å². The third kappa shape index (κ3) is 4.06. The molecule has 7 nitrogen and oxygen atoms in total. The minimum Gasteiger partial charge on any atom is -0.369 e. The number of fused-ring (bicyclic) bond motifs is 1. The van der Waals surface area contributed by atoms with E-state index in [1.165, 1.54) is 5.56 Å². The Morgan fingerprint density at radius 2 is 1.97 bits per heavy atom. The number of hydrogen-bond acceptors (Lipinski definition) is 5. The molecule has 0 radical (unpaired) electrons. The molecular weight excluding hydrogens is 438 g/mol. The van der Waals surface area contributed by atoms with Crippen LogP contribution in [-0.4, -0.2) is 35.2 Å². The molecule has 2 aromatic heterocycles. The number of pyridine rings is 2. The second kappa shape index (κ2) is 8.64. The summed E-state index contributed by atoms with van der Waals surface area (Å²) in [4.78, 5) is 31.1. The molecule has 1 amide bonds. The van der Waals surface area contributed by atoms with Crippen LogP contribution in [0.1, 0.15) is 23.1 Å². The Morgan fingerprint density at radius 1 is 1.12 bits per heavy atom. The van der Waals surface area contributed by atoms with Crippen molar-refractivity contribution in [2.75, 3.05) is 29.5 Å². The number of primary amides is 1. The molecule has 2 aliphatic rings. The van der Waals surface area contributed by atoms with Crippen molar-refractivity contribution in [3.63, 3.8) is 0 Å². The van der Waals surface area contributed by atoms with E-state index in [4.69, 9.17) is 17.3 Å². The van der Waals surface area contributed by atoms with E-state index < -0.39 is 0 Å². The lowest BCUT2D eigenvalue weighted by Gasteiger charge is -2.22.